The van der Waals surface area contributed by atoms with Gasteiger partial charge in [0.1, 0.15) is 22.3 Å². The van der Waals surface area contributed by atoms with E-state index in [9.17, 15) is 0 Å². The molecule has 0 amide bonds. The number of para-hydroxylation sites is 3. The second-order valence-corrected chi connectivity index (χ2v) is 17.8. The fraction of sp³-hybridized carbons (Fsp3) is 0.0484. The Hall–Kier alpha value is -8.67. The van der Waals surface area contributed by atoms with Crippen LogP contribution in [0.5, 0.6) is 0 Å². The van der Waals surface area contributed by atoms with Gasteiger partial charge >= 0.3 is 0 Å². The van der Waals surface area contributed by atoms with Crippen LogP contribution >= 0.6 is 0 Å². The van der Waals surface area contributed by atoms with Gasteiger partial charge in [-0.2, -0.15) is 0 Å². The van der Waals surface area contributed by atoms with Crippen LogP contribution in [0.25, 0.3) is 122 Å². The second-order valence-electron chi connectivity index (χ2n) is 17.8. The predicted octanol–water partition coefficient (Wildman–Crippen LogP) is 16.4. The highest BCUT2D eigenvalue weighted by atomic mass is 16.3. The van der Waals surface area contributed by atoms with E-state index in [1.807, 2.05) is 36.4 Å². The fourth-order valence-electron chi connectivity index (χ4n) is 10.8. The van der Waals surface area contributed by atoms with E-state index in [0.29, 0.717) is 17.5 Å². The van der Waals surface area contributed by atoms with Crippen LogP contribution < -0.4 is 0 Å². The molecule has 5 nitrogen and oxygen atoms in total. The summed E-state index contributed by atoms with van der Waals surface area (Å²) in [5.41, 5.74) is 14.5. The van der Waals surface area contributed by atoms with E-state index in [2.05, 4.69) is 170 Å². The molecule has 314 valence electrons. The van der Waals surface area contributed by atoms with Crippen LogP contribution in [-0.2, 0) is 6.42 Å². The van der Waals surface area contributed by atoms with E-state index in [1.54, 1.807) is 0 Å². The highest BCUT2D eigenvalue weighted by Crippen LogP contribution is 2.48. The summed E-state index contributed by atoms with van der Waals surface area (Å²) in [4.78, 5) is 16.1. The Morgan fingerprint density at radius 1 is 0.388 bits per heavy atom. The molecule has 13 aromatic rings. The normalized spacial score (nSPS) is 13.7. The summed E-state index contributed by atoms with van der Waals surface area (Å²) in [6, 6.07) is 73.3. The van der Waals surface area contributed by atoms with Crippen LogP contribution in [0.2, 0.25) is 0 Å². The number of rotatable bonds is 5. The van der Waals surface area contributed by atoms with Gasteiger partial charge in [-0.1, -0.05) is 170 Å². The number of aromatic nitrogens is 3. The second kappa shape index (κ2) is 14.9. The van der Waals surface area contributed by atoms with Gasteiger partial charge in [0.25, 0.3) is 0 Å². The molecule has 1 unspecified atom stereocenters. The van der Waals surface area contributed by atoms with Crippen molar-refractivity contribution in [3.63, 3.8) is 0 Å². The molecule has 0 aliphatic heterocycles. The van der Waals surface area contributed by atoms with Crippen LogP contribution in [-0.4, -0.2) is 15.0 Å². The molecule has 0 saturated heterocycles. The van der Waals surface area contributed by atoms with Crippen molar-refractivity contribution in [2.45, 2.75) is 18.8 Å². The first-order chi connectivity index (χ1) is 33.2. The first kappa shape index (κ1) is 37.7. The van der Waals surface area contributed by atoms with Gasteiger partial charge in [0, 0.05) is 38.6 Å². The molecule has 5 heteroatoms. The highest BCUT2D eigenvalue weighted by Gasteiger charge is 2.29. The van der Waals surface area contributed by atoms with Gasteiger partial charge in [0.05, 0.1) is 5.56 Å². The van der Waals surface area contributed by atoms with Gasteiger partial charge in [0.2, 0.25) is 0 Å². The Balaban J connectivity index is 1.02. The van der Waals surface area contributed by atoms with Crippen molar-refractivity contribution in [2.24, 2.45) is 0 Å². The van der Waals surface area contributed by atoms with Crippen LogP contribution in [0, 0.1) is 0 Å². The van der Waals surface area contributed by atoms with Gasteiger partial charge in [-0.05, 0) is 110 Å². The maximum absolute atomic E-state index is 6.84. The minimum atomic E-state index is 0.0436. The number of furan rings is 2. The maximum Gasteiger partial charge on any atom is 0.167 e. The Bertz CT molecular complexity index is 4110. The SMILES string of the molecule is c1ccc(-c2ccc(-c3nc(-c4cccc5c4oc4ccccc45)nc(-c4cc(C5CCc6cc7ccccc7cc6-c6c5ccc5ccccc65)cc5oc6ccccc6c45)n3)cc2)cc1. The molecule has 0 radical (unpaired) electrons. The van der Waals surface area contributed by atoms with Crippen LogP contribution in [0.3, 0.4) is 0 Å². The van der Waals surface area contributed by atoms with E-state index in [0.717, 1.165) is 90.1 Å². The Labute approximate surface area is 385 Å². The molecule has 0 spiro atoms. The molecule has 10 aromatic carbocycles. The fourth-order valence-corrected chi connectivity index (χ4v) is 10.8. The van der Waals surface area contributed by atoms with Crippen molar-refractivity contribution >= 4 is 65.4 Å². The number of hydrogen-bond acceptors (Lipinski definition) is 5. The topological polar surface area (TPSA) is 65.0 Å². The van der Waals surface area contributed by atoms with Crippen LogP contribution in [0.1, 0.15) is 29.0 Å². The Morgan fingerprint density at radius 2 is 1.01 bits per heavy atom. The lowest BCUT2D eigenvalue weighted by Crippen LogP contribution is -2.05. The lowest BCUT2D eigenvalue weighted by molar-refractivity contribution is 0.665. The van der Waals surface area contributed by atoms with E-state index in [4.69, 9.17) is 23.8 Å². The maximum atomic E-state index is 6.84. The van der Waals surface area contributed by atoms with E-state index in [1.165, 1.54) is 43.8 Å². The largest absolute Gasteiger partial charge is 0.456 e. The summed E-state index contributed by atoms with van der Waals surface area (Å²) in [6.07, 6.45) is 1.83. The number of hydrogen-bond donors (Lipinski definition) is 0. The third-order valence-corrected chi connectivity index (χ3v) is 14.0. The molecular formula is C62H39N3O2. The molecule has 67 heavy (non-hydrogen) atoms. The van der Waals surface area contributed by atoms with Crippen molar-refractivity contribution in [3.05, 3.63) is 223 Å². The van der Waals surface area contributed by atoms with Crippen molar-refractivity contribution < 1.29 is 8.83 Å². The summed E-state index contributed by atoms with van der Waals surface area (Å²) in [7, 11) is 0. The zero-order chi connectivity index (χ0) is 44.0. The minimum absolute atomic E-state index is 0.0436. The van der Waals surface area contributed by atoms with Gasteiger partial charge in [0.15, 0.2) is 17.5 Å². The summed E-state index contributed by atoms with van der Waals surface area (Å²) in [5, 5.41) is 9.07. The van der Waals surface area contributed by atoms with Crippen molar-refractivity contribution in [2.75, 3.05) is 0 Å². The van der Waals surface area contributed by atoms with Crippen molar-refractivity contribution in [1.29, 1.82) is 0 Å². The van der Waals surface area contributed by atoms with Crippen molar-refractivity contribution in [3.8, 4) is 56.4 Å². The van der Waals surface area contributed by atoms with Gasteiger partial charge in [-0.3, -0.25) is 0 Å². The average molecular weight is 858 g/mol. The third-order valence-electron chi connectivity index (χ3n) is 14.0. The Morgan fingerprint density at radius 3 is 1.84 bits per heavy atom. The third kappa shape index (κ3) is 6.12. The standard InChI is InChI=1S/C62H39N3O2/c1-2-13-37(14-3-1)38-25-27-40(28-26-38)60-63-61(51-22-12-21-49-47-19-8-10-23-54(47)67-59(49)51)65-62(64-60)53-35-44(36-56-58(53)50-20-9-11-24-55(50)66-56)45-31-30-43-33-41-16-4-5-17-42(41)34-52(43)57-46-18-7-6-15-39(46)29-32-48(45)57/h1-29,32-36,45H,30-31H2. The molecule has 3 aromatic heterocycles. The zero-order valence-corrected chi connectivity index (χ0v) is 36.3. The zero-order valence-electron chi connectivity index (χ0n) is 36.3. The lowest BCUT2D eigenvalue weighted by atomic mass is 9.82. The molecular weight excluding hydrogens is 819 g/mol. The molecule has 1 atom stereocenters. The van der Waals surface area contributed by atoms with Crippen LogP contribution in [0.4, 0.5) is 0 Å². The Kier molecular flexibility index (Phi) is 8.40. The summed E-state index contributed by atoms with van der Waals surface area (Å²) < 4.78 is 13.5. The number of fused-ring (bicyclic) bond motifs is 12. The molecule has 0 saturated carbocycles. The first-order valence-electron chi connectivity index (χ1n) is 23.0. The molecule has 1 aliphatic rings. The molecule has 3 heterocycles. The number of nitrogens with zero attached hydrogens (tertiary/aromatic N) is 3. The summed E-state index contributed by atoms with van der Waals surface area (Å²) >= 11 is 0. The lowest BCUT2D eigenvalue weighted by Gasteiger charge is -2.21. The summed E-state index contributed by atoms with van der Waals surface area (Å²) in [6.45, 7) is 0. The summed E-state index contributed by atoms with van der Waals surface area (Å²) in [5.74, 6) is 1.73. The van der Waals surface area contributed by atoms with Gasteiger partial charge in [-0.15, -0.1) is 0 Å². The number of benzene rings is 10. The minimum Gasteiger partial charge on any atom is -0.456 e. The molecule has 0 fully saturated rings. The van der Waals surface area contributed by atoms with E-state index in [-0.39, 0.29) is 5.92 Å². The van der Waals surface area contributed by atoms with Crippen molar-refractivity contribution in [1.82, 2.24) is 15.0 Å². The smallest absolute Gasteiger partial charge is 0.167 e. The highest BCUT2D eigenvalue weighted by molar-refractivity contribution is 6.13. The molecule has 1 aliphatic carbocycles. The van der Waals surface area contributed by atoms with Gasteiger partial charge < -0.3 is 8.83 Å². The van der Waals surface area contributed by atoms with Gasteiger partial charge in [-0.25, -0.2) is 15.0 Å². The van der Waals surface area contributed by atoms with E-state index >= 15 is 0 Å². The quantitative estimate of drug-likeness (QED) is 0.172. The monoisotopic (exact) mass is 857 g/mol. The molecule has 0 bridgehead atoms. The molecule has 14 rings (SSSR count). The first-order valence-corrected chi connectivity index (χ1v) is 23.0. The average Bonchev–Trinajstić information content (AvgIpc) is 3.92. The van der Waals surface area contributed by atoms with E-state index < -0.39 is 0 Å². The predicted molar refractivity (Wildman–Crippen MR) is 273 cm³/mol. The molecule has 0 N–H and O–H groups in total. The van der Waals surface area contributed by atoms with Crippen LogP contribution in [0.15, 0.2) is 215 Å². The number of aryl methyl sites for hydroxylation is 1.